The standard InChI is InChI=1S/C25H28N4O4/c1-25-14-19-18-13-17(33-4)8-9-20(18)26-21(19)22(15-6-5-7-16(30)12-15)29(25)24(32)28(23(25)31)11-10-27(2)3/h5-9,12-13,22,26,30H,10-11,14H2,1-4H3. The predicted octanol–water partition coefficient (Wildman–Crippen LogP) is 3.11. The number of hydrogen-bond acceptors (Lipinski definition) is 5. The van der Waals surface area contributed by atoms with E-state index >= 15 is 0 Å². The summed E-state index contributed by atoms with van der Waals surface area (Å²) in [6.07, 6.45) is 0.397. The summed E-state index contributed by atoms with van der Waals surface area (Å²) >= 11 is 0. The number of phenols is 1. The van der Waals surface area contributed by atoms with E-state index in [0.29, 0.717) is 19.5 Å². The van der Waals surface area contributed by atoms with Gasteiger partial charge in [0.25, 0.3) is 5.91 Å². The number of benzene rings is 2. The molecule has 3 heterocycles. The minimum atomic E-state index is -1.04. The zero-order chi connectivity index (χ0) is 23.5. The second-order valence-electron chi connectivity index (χ2n) is 9.29. The van der Waals surface area contributed by atoms with Crippen LogP contribution in [0.15, 0.2) is 42.5 Å². The number of amides is 3. The number of likely N-dealkylation sites (N-methyl/N-ethyl adjacent to an activating group) is 1. The van der Waals surface area contributed by atoms with Gasteiger partial charge < -0.3 is 19.7 Å². The lowest BCUT2D eigenvalue weighted by molar-refractivity contribution is -0.133. The Morgan fingerprint density at radius 3 is 2.70 bits per heavy atom. The molecule has 0 bridgehead atoms. The van der Waals surface area contributed by atoms with E-state index in [-0.39, 0.29) is 17.7 Å². The summed E-state index contributed by atoms with van der Waals surface area (Å²) in [4.78, 5) is 35.9. The van der Waals surface area contributed by atoms with E-state index in [1.165, 1.54) is 4.90 Å². The molecule has 2 aliphatic heterocycles. The van der Waals surface area contributed by atoms with E-state index in [1.807, 2.05) is 50.2 Å². The molecule has 2 N–H and O–H groups in total. The van der Waals surface area contributed by atoms with Crippen molar-refractivity contribution in [3.63, 3.8) is 0 Å². The first kappa shape index (κ1) is 21.3. The highest BCUT2D eigenvalue weighted by Gasteiger charge is 2.60. The molecular weight excluding hydrogens is 420 g/mol. The molecule has 5 rings (SSSR count). The average molecular weight is 449 g/mol. The maximum atomic E-state index is 13.7. The summed E-state index contributed by atoms with van der Waals surface area (Å²) in [7, 11) is 5.46. The lowest BCUT2D eigenvalue weighted by Gasteiger charge is -2.42. The van der Waals surface area contributed by atoms with Gasteiger partial charge >= 0.3 is 6.03 Å². The van der Waals surface area contributed by atoms with Crippen LogP contribution in [-0.4, -0.2) is 76.6 Å². The molecule has 8 heteroatoms. The van der Waals surface area contributed by atoms with Crippen LogP contribution in [0.25, 0.3) is 10.9 Å². The third-order valence-electron chi connectivity index (χ3n) is 6.83. The van der Waals surface area contributed by atoms with Crippen molar-refractivity contribution < 1.29 is 19.4 Å². The highest BCUT2D eigenvalue weighted by atomic mass is 16.5. The molecule has 2 unspecified atom stereocenters. The average Bonchev–Trinajstić information content (AvgIpc) is 3.22. The first-order valence-corrected chi connectivity index (χ1v) is 11.0. The van der Waals surface area contributed by atoms with Crippen LogP contribution < -0.4 is 4.74 Å². The third kappa shape index (κ3) is 3.16. The Morgan fingerprint density at radius 1 is 1.21 bits per heavy atom. The van der Waals surface area contributed by atoms with E-state index in [9.17, 15) is 14.7 Å². The molecule has 1 saturated heterocycles. The zero-order valence-electron chi connectivity index (χ0n) is 19.3. The molecule has 0 spiro atoms. The first-order valence-electron chi connectivity index (χ1n) is 11.0. The fraction of sp³-hybridized carbons (Fsp3) is 0.360. The summed E-state index contributed by atoms with van der Waals surface area (Å²) in [6, 6.07) is 11.9. The number of aromatic hydroxyl groups is 1. The van der Waals surface area contributed by atoms with Gasteiger partial charge in [-0.25, -0.2) is 4.79 Å². The van der Waals surface area contributed by atoms with Gasteiger partial charge in [0.2, 0.25) is 0 Å². The van der Waals surface area contributed by atoms with E-state index in [0.717, 1.165) is 33.5 Å². The van der Waals surface area contributed by atoms with Crippen molar-refractivity contribution in [1.82, 2.24) is 19.7 Å². The van der Waals surface area contributed by atoms with Gasteiger partial charge in [-0.3, -0.25) is 14.6 Å². The molecule has 2 aromatic carbocycles. The number of nitrogens with zero attached hydrogens (tertiary/aromatic N) is 3. The second kappa shape index (κ2) is 7.52. The first-order chi connectivity index (χ1) is 15.7. The highest BCUT2D eigenvalue weighted by molar-refractivity contribution is 6.08. The van der Waals surface area contributed by atoms with E-state index in [4.69, 9.17) is 4.74 Å². The van der Waals surface area contributed by atoms with Crippen molar-refractivity contribution in [2.24, 2.45) is 0 Å². The van der Waals surface area contributed by atoms with Crippen LogP contribution in [0.1, 0.15) is 29.8 Å². The van der Waals surface area contributed by atoms with E-state index in [2.05, 4.69) is 4.98 Å². The molecule has 0 aliphatic carbocycles. The number of H-pyrrole nitrogens is 1. The van der Waals surface area contributed by atoms with Crippen molar-refractivity contribution >= 4 is 22.8 Å². The fourth-order valence-corrected chi connectivity index (χ4v) is 5.16. The molecular formula is C25H28N4O4. The number of urea groups is 1. The Kier molecular flexibility index (Phi) is 4.86. The van der Waals surface area contributed by atoms with Crippen LogP contribution >= 0.6 is 0 Å². The van der Waals surface area contributed by atoms with Crippen molar-refractivity contribution in [1.29, 1.82) is 0 Å². The number of nitrogens with one attached hydrogen (secondary N) is 1. The van der Waals surface area contributed by atoms with Gasteiger partial charge in [0.05, 0.1) is 7.11 Å². The number of rotatable bonds is 5. The minimum absolute atomic E-state index is 0.113. The number of aromatic amines is 1. The summed E-state index contributed by atoms with van der Waals surface area (Å²) in [5.41, 5.74) is 2.48. The van der Waals surface area contributed by atoms with Gasteiger partial charge in [-0.2, -0.15) is 0 Å². The smallest absolute Gasteiger partial charge is 0.328 e. The Balaban J connectivity index is 1.72. The molecule has 0 radical (unpaired) electrons. The van der Waals surface area contributed by atoms with Crippen LogP contribution in [0.2, 0.25) is 0 Å². The highest BCUT2D eigenvalue weighted by Crippen LogP contribution is 2.49. The molecule has 2 atom stereocenters. The lowest BCUT2D eigenvalue weighted by Crippen LogP contribution is -2.53. The topological polar surface area (TPSA) is 89.1 Å². The number of ether oxygens (including phenoxy) is 1. The largest absolute Gasteiger partial charge is 0.508 e. The molecule has 1 fully saturated rings. The molecule has 0 saturated carbocycles. The van der Waals surface area contributed by atoms with Crippen LogP contribution in [-0.2, 0) is 11.2 Å². The van der Waals surface area contributed by atoms with Crippen molar-refractivity contribution in [2.75, 3.05) is 34.3 Å². The number of aromatic nitrogens is 1. The molecule has 3 amide bonds. The van der Waals surface area contributed by atoms with Gasteiger partial charge in [-0.05, 0) is 62.5 Å². The normalized spacial score (nSPS) is 22.3. The quantitative estimate of drug-likeness (QED) is 0.586. The maximum absolute atomic E-state index is 13.7. The Bertz CT molecular complexity index is 1270. The summed E-state index contributed by atoms with van der Waals surface area (Å²) in [6.45, 7) is 2.76. The number of carbonyl (C=O) groups excluding carboxylic acids is 2. The van der Waals surface area contributed by atoms with Gasteiger partial charge in [0.15, 0.2) is 0 Å². The number of hydrogen-bond donors (Lipinski definition) is 2. The lowest BCUT2D eigenvalue weighted by atomic mass is 9.81. The van der Waals surface area contributed by atoms with Crippen molar-refractivity contribution in [3.05, 3.63) is 59.3 Å². The molecule has 33 heavy (non-hydrogen) atoms. The second-order valence-corrected chi connectivity index (χ2v) is 9.29. The molecule has 1 aromatic heterocycles. The van der Waals surface area contributed by atoms with Gasteiger partial charge in [0.1, 0.15) is 23.1 Å². The minimum Gasteiger partial charge on any atom is -0.508 e. The van der Waals surface area contributed by atoms with Crippen LogP contribution in [0.5, 0.6) is 11.5 Å². The van der Waals surface area contributed by atoms with E-state index < -0.39 is 11.6 Å². The SMILES string of the molecule is COc1ccc2[nH]c3c(c2c1)CC1(C)C(=O)N(CCN(C)C)C(=O)N1C3c1cccc(O)c1. The molecule has 2 aliphatic rings. The van der Waals surface area contributed by atoms with Crippen molar-refractivity contribution in [3.8, 4) is 11.5 Å². The fourth-order valence-electron chi connectivity index (χ4n) is 5.16. The molecule has 3 aromatic rings. The Morgan fingerprint density at radius 2 is 2.00 bits per heavy atom. The number of carbonyl (C=O) groups is 2. The Labute approximate surface area is 192 Å². The van der Waals surface area contributed by atoms with Crippen LogP contribution in [0.3, 0.4) is 0 Å². The van der Waals surface area contributed by atoms with Crippen LogP contribution in [0.4, 0.5) is 4.79 Å². The third-order valence-corrected chi connectivity index (χ3v) is 6.83. The number of phenolic OH excluding ortho intramolecular Hbond substituents is 1. The molecule has 172 valence electrons. The number of fused-ring (bicyclic) bond motifs is 4. The van der Waals surface area contributed by atoms with Gasteiger partial charge in [-0.15, -0.1) is 0 Å². The number of imide groups is 1. The Hall–Kier alpha value is -3.52. The van der Waals surface area contributed by atoms with Crippen molar-refractivity contribution in [2.45, 2.75) is 24.9 Å². The van der Waals surface area contributed by atoms with Crippen LogP contribution in [0, 0.1) is 0 Å². The van der Waals surface area contributed by atoms with E-state index in [1.54, 1.807) is 30.2 Å². The summed E-state index contributed by atoms with van der Waals surface area (Å²) in [5, 5.41) is 11.2. The zero-order valence-corrected chi connectivity index (χ0v) is 19.3. The van der Waals surface area contributed by atoms with Gasteiger partial charge in [-0.1, -0.05) is 12.1 Å². The predicted molar refractivity (Wildman–Crippen MR) is 124 cm³/mol. The monoisotopic (exact) mass is 448 g/mol. The number of methoxy groups -OCH3 is 1. The van der Waals surface area contributed by atoms with Gasteiger partial charge in [0, 0.05) is 36.1 Å². The maximum Gasteiger partial charge on any atom is 0.328 e. The summed E-state index contributed by atoms with van der Waals surface area (Å²) < 4.78 is 5.44. The summed E-state index contributed by atoms with van der Waals surface area (Å²) in [5.74, 6) is 0.649. The molecule has 8 nitrogen and oxygen atoms in total.